The number of hydrogen-bond acceptors (Lipinski definition) is 4. The van der Waals surface area contributed by atoms with E-state index in [2.05, 4.69) is 26.1 Å². The average Bonchev–Trinajstić information content (AvgIpc) is 3.00. The van der Waals surface area contributed by atoms with E-state index in [4.69, 9.17) is 0 Å². The minimum Gasteiger partial charge on any atom is -0.355 e. The fourth-order valence-electron chi connectivity index (χ4n) is 2.79. The molecule has 19 heavy (non-hydrogen) atoms. The Labute approximate surface area is 115 Å². The molecule has 0 aromatic carbocycles. The predicted octanol–water partition coefficient (Wildman–Crippen LogP) is 1.44. The van der Waals surface area contributed by atoms with E-state index in [0.717, 1.165) is 36.6 Å². The Balaban J connectivity index is 1.76. The van der Waals surface area contributed by atoms with Gasteiger partial charge in [0.2, 0.25) is 0 Å². The predicted molar refractivity (Wildman–Crippen MR) is 78.5 cm³/mol. The van der Waals surface area contributed by atoms with Gasteiger partial charge < -0.3 is 9.97 Å². The first-order chi connectivity index (χ1) is 9.28. The number of nitrogens with one attached hydrogen (secondary N) is 2. The van der Waals surface area contributed by atoms with Crippen LogP contribution in [0.3, 0.4) is 0 Å². The molecule has 2 N–H and O–H groups in total. The first-order valence-corrected chi connectivity index (χ1v) is 7.92. The van der Waals surface area contributed by atoms with Crippen molar-refractivity contribution in [3.8, 4) is 0 Å². The number of H-pyrrole nitrogens is 2. The lowest BCUT2D eigenvalue weighted by molar-refractivity contribution is 0.322. The van der Waals surface area contributed by atoms with Crippen LogP contribution in [0.25, 0.3) is 11.0 Å². The smallest absolute Gasteiger partial charge is 0.275 e. The second-order valence-corrected chi connectivity index (χ2v) is 6.03. The van der Waals surface area contributed by atoms with Gasteiger partial charge >= 0.3 is 0 Å². The van der Waals surface area contributed by atoms with Gasteiger partial charge in [-0.1, -0.05) is 0 Å². The van der Waals surface area contributed by atoms with Gasteiger partial charge in [-0.3, -0.25) is 9.69 Å². The van der Waals surface area contributed by atoms with Crippen molar-refractivity contribution in [1.82, 2.24) is 19.9 Å². The van der Waals surface area contributed by atoms with E-state index in [1.54, 1.807) is 0 Å². The monoisotopic (exact) mass is 278 g/mol. The van der Waals surface area contributed by atoms with Crippen LogP contribution in [0.4, 0.5) is 0 Å². The van der Waals surface area contributed by atoms with Crippen molar-refractivity contribution < 1.29 is 0 Å². The number of likely N-dealkylation sites (tertiary alicyclic amines) is 1. The SMILES string of the molecule is CSC[C@@H]1CCN(Cc2c[nH]c3c(=O)[nH]cnc23)C1. The third-order valence-corrected chi connectivity index (χ3v) is 4.52. The molecule has 2 aromatic heterocycles. The molecular formula is C13H18N4OS. The lowest BCUT2D eigenvalue weighted by atomic mass is 10.2. The molecule has 0 amide bonds. The number of hydrogen-bond donors (Lipinski definition) is 2. The normalized spacial score (nSPS) is 20.4. The Morgan fingerprint density at radius 1 is 1.53 bits per heavy atom. The molecule has 102 valence electrons. The molecule has 2 aromatic rings. The van der Waals surface area contributed by atoms with E-state index in [0.29, 0.717) is 5.52 Å². The Bertz CT molecular complexity index is 620. The van der Waals surface area contributed by atoms with Crippen LogP contribution < -0.4 is 5.56 Å². The summed E-state index contributed by atoms with van der Waals surface area (Å²) < 4.78 is 0. The molecular weight excluding hydrogens is 260 g/mol. The van der Waals surface area contributed by atoms with Gasteiger partial charge in [-0.05, 0) is 30.9 Å². The van der Waals surface area contributed by atoms with Crippen molar-refractivity contribution in [2.24, 2.45) is 5.92 Å². The molecule has 3 heterocycles. The van der Waals surface area contributed by atoms with Crippen molar-refractivity contribution >= 4 is 22.8 Å². The first kappa shape index (κ1) is 12.7. The molecule has 1 saturated heterocycles. The maximum absolute atomic E-state index is 11.6. The third kappa shape index (κ3) is 2.55. The fourth-order valence-corrected chi connectivity index (χ4v) is 3.54. The highest BCUT2D eigenvalue weighted by molar-refractivity contribution is 7.98. The molecule has 1 atom stereocenters. The van der Waals surface area contributed by atoms with Crippen LogP contribution in [0.1, 0.15) is 12.0 Å². The second kappa shape index (κ2) is 5.38. The van der Waals surface area contributed by atoms with Crippen LogP contribution in [0, 0.1) is 5.92 Å². The standard InChI is InChI=1S/C13H18N4OS/c1-19-7-9-2-3-17(5-9)6-10-4-14-12-11(10)15-8-16-13(12)18/h4,8-9,14H,2-3,5-7H2,1H3,(H,15,16,18)/t9-/m1/s1. The highest BCUT2D eigenvalue weighted by atomic mass is 32.2. The van der Waals surface area contributed by atoms with Gasteiger partial charge in [-0.2, -0.15) is 11.8 Å². The largest absolute Gasteiger partial charge is 0.355 e. The quantitative estimate of drug-likeness (QED) is 0.888. The van der Waals surface area contributed by atoms with E-state index >= 15 is 0 Å². The number of fused-ring (bicyclic) bond motifs is 1. The van der Waals surface area contributed by atoms with Crippen molar-refractivity contribution in [1.29, 1.82) is 0 Å². The Morgan fingerprint density at radius 2 is 2.42 bits per heavy atom. The van der Waals surface area contributed by atoms with E-state index in [1.807, 2.05) is 18.0 Å². The topological polar surface area (TPSA) is 64.8 Å². The van der Waals surface area contributed by atoms with E-state index in [1.165, 1.54) is 18.5 Å². The number of aromatic amines is 2. The number of aromatic nitrogens is 3. The molecule has 1 aliphatic rings. The van der Waals surface area contributed by atoms with Gasteiger partial charge in [0.1, 0.15) is 5.52 Å². The fraction of sp³-hybridized carbons (Fsp3) is 0.538. The van der Waals surface area contributed by atoms with Crippen LogP contribution in [0.2, 0.25) is 0 Å². The van der Waals surface area contributed by atoms with Gasteiger partial charge in [0.15, 0.2) is 0 Å². The van der Waals surface area contributed by atoms with Crippen LogP contribution in [0.15, 0.2) is 17.3 Å². The molecule has 0 unspecified atom stereocenters. The van der Waals surface area contributed by atoms with Crippen LogP contribution in [0.5, 0.6) is 0 Å². The number of nitrogens with zero attached hydrogens (tertiary/aromatic N) is 2. The molecule has 0 aliphatic carbocycles. The van der Waals surface area contributed by atoms with E-state index in [-0.39, 0.29) is 5.56 Å². The van der Waals surface area contributed by atoms with E-state index < -0.39 is 0 Å². The highest BCUT2D eigenvalue weighted by Gasteiger charge is 2.23. The number of rotatable bonds is 4. The van der Waals surface area contributed by atoms with Crippen LogP contribution >= 0.6 is 11.8 Å². The van der Waals surface area contributed by atoms with Crippen molar-refractivity contribution in [2.75, 3.05) is 25.1 Å². The van der Waals surface area contributed by atoms with E-state index in [9.17, 15) is 4.79 Å². The lowest BCUT2D eigenvalue weighted by Crippen LogP contribution is -2.20. The molecule has 1 fully saturated rings. The molecule has 6 heteroatoms. The molecule has 0 radical (unpaired) electrons. The van der Waals surface area contributed by atoms with Gasteiger partial charge in [0.05, 0.1) is 11.8 Å². The average molecular weight is 278 g/mol. The van der Waals surface area contributed by atoms with Gasteiger partial charge in [-0.15, -0.1) is 0 Å². The maximum atomic E-state index is 11.6. The maximum Gasteiger partial charge on any atom is 0.275 e. The summed E-state index contributed by atoms with van der Waals surface area (Å²) in [5.74, 6) is 2.04. The van der Waals surface area contributed by atoms with Gasteiger partial charge in [0, 0.05) is 24.8 Å². The van der Waals surface area contributed by atoms with Crippen molar-refractivity contribution in [3.05, 3.63) is 28.4 Å². The summed E-state index contributed by atoms with van der Waals surface area (Å²) in [7, 11) is 0. The van der Waals surface area contributed by atoms with Crippen molar-refractivity contribution in [3.63, 3.8) is 0 Å². The summed E-state index contributed by atoms with van der Waals surface area (Å²) in [5, 5.41) is 0. The summed E-state index contributed by atoms with van der Waals surface area (Å²) in [6.07, 6.45) is 6.83. The molecule has 0 bridgehead atoms. The summed E-state index contributed by atoms with van der Waals surface area (Å²) >= 11 is 1.92. The summed E-state index contributed by atoms with van der Waals surface area (Å²) in [5.41, 5.74) is 2.40. The summed E-state index contributed by atoms with van der Waals surface area (Å²) in [6.45, 7) is 3.17. The van der Waals surface area contributed by atoms with Gasteiger partial charge in [-0.25, -0.2) is 4.98 Å². The molecule has 0 saturated carbocycles. The van der Waals surface area contributed by atoms with Crippen LogP contribution in [-0.4, -0.2) is 44.9 Å². The lowest BCUT2D eigenvalue weighted by Gasteiger charge is -2.14. The molecule has 5 nitrogen and oxygen atoms in total. The summed E-state index contributed by atoms with van der Waals surface area (Å²) in [6, 6.07) is 0. The molecule has 1 aliphatic heterocycles. The summed E-state index contributed by atoms with van der Waals surface area (Å²) in [4.78, 5) is 24.0. The minimum atomic E-state index is -0.0991. The Morgan fingerprint density at radius 3 is 3.26 bits per heavy atom. The zero-order valence-electron chi connectivity index (χ0n) is 11.0. The zero-order chi connectivity index (χ0) is 13.2. The minimum absolute atomic E-state index is 0.0991. The number of thioether (sulfide) groups is 1. The van der Waals surface area contributed by atoms with Gasteiger partial charge in [0.25, 0.3) is 5.56 Å². The third-order valence-electron chi connectivity index (χ3n) is 3.71. The molecule has 0 spiro atoms. The zero-order valence-corrected chi connectivity index (χ0v) is 11.8. The molecule has 3 rings (SSSR count). The van der Waals surface area contributed by atoms with Crippen LogP contribution in [-0.2, 0) is 6.54 Å². The second-order valence-electron chi connectivity index (χ2n) is 5.11. The highest BCUT2D eigenvalue weighted by Crippen LogP contribution is 2.23. The Kier molecular flexibility index (Phi) is 3.61. The first-order valence-electron chi connectivity index (χ1n) is 6.53. The van der Waals surface area contributed by atoms with Crippen molar-refractivity contribution in [2.45, 2.75) is 13.0 Å². The Hall–Kier alpha value is -1.27.